The number of carboxylic acid groups (broad SMARTS) is 1. The predicted octanol–water partition coefficient (Wildman–Crippen LogP) is 1.97. The zero-order valence-electron chi connectivity index (χ0n) is 10.4. The molecule has 102 valence electrons. The first-order valence-corrected chi connectivity index (χ1v) is 6.44. The molecule has 2 rings (SSSR count). The monoisotopic (exact) mass is 282 g/mol. The summed E-state index contributed by atoms with van der Waals surface area (Å²) in [4.78, 5) is 22.9. The van der Waals surface area contributed by atoms with Crippen LogP contribution in [0.4, 0.5) is 5.69 Å². The van der Waals surface area contributed by atoms with Crippen LogP contribution >= 0.6 is 11.6 Å². The highest BCUT2D eigenvalue weighted by Gasteiger charge is 2.29. The Morgan fingerprint density at radius 2 is 2.21 bits per heavy atom. The molecule has 0 aliphatic carbocycles. The van der Waals surface area contributed by atoms with Crippen LogP contribution in [0.1, 0.15) is 23.7 Å². The number of halogens is 1. The average Bonchev–Trinajstić information content (AvgIpc) is 2.77. The van der Waals surface area contributed by atoms with Gasteiger partial charge in [-0.2, -0.15) is 0 Å². The molecule has 2 unspecified atom stereocenters. The predicted molar refractivity (Wildman–Crippen MR) is 72.6 cm³/mol. The van der Waals surface area contributed by atoms with Crippen LogP contribution in [0.15, 0.2) is 18.2 Å². The molecule has 0 radical (unpaired) electrons. The van der Waals surface area contributed by atoms with Crippen molar-refractivity contribution in [3.63, 3.8) is 0 Å². The Kier molecular flexibility index (Phi) is 4.07. The van der Waals surface area contributed by atoms with Gasteiger partial charge in [0.05, 0.1) is 22.2 Å². The Morgan fingerprint density at radius 1 is 1.47 bits per heavy atom. The normalized spacial score (nSPS) is 22.2. The number of carbonyl (C=O) groups excluding carboxylic acids is 1. The van der Waals surface area contributed by atoms with Gasteiger partial charge in [-0.15, -0.1) is 0 Å². The van der Waals surface area contributed by atoms with Crippen molar-refractivity contribution in [2.24, 2.45) is 5.92 Å². The van der Waals surface area contributed by atoms with Crippen LogP contribution in [-0.2, 0) is 4.79 Å². The summed E-state index contributed by atoms with van der Waals surface area (Å²) in [5.74, 6) is -1.23. The van der Waals surface area contributed by atoms with Gasteiger partial charge < -0.3 is 15.7 Å². The molecular weight excluding hydrogens is 268 g/mol. The molecule has 3 N–H and O–H groups in total. The van der Waals surface area contributed by atoms with E-state index < -0.39 is 5.97 Å². The molecule has 0 aromatic heterocycles. The quantitative estimate of drug-likeness (QED) is 0.792. The summed E-state index contributed by atoms with van der Waals surface area (Å²) in [6.07, 6.45) is 0.790. The molecular formula is C13H15ClN2O3. The lowest BCUT2D eigenvalue weighted by atomic mass is 10.0. The Morgan fingerprint density at radius 3 is 2.74 bits per heavy atom. The van der Waals surface area contributed by atoms with Crippen molar-refractivity contribution in [2.45, 2.75) is 19.4 Å². The second-order valence-corrected chi connectivity index (χ2v) is 5.03. The van der Waals surface area contributed by atoms with Crippen LogP contribution in [0.2, 0.25) is 5.02 Å². The van der Waals surface area contributed by atoms with Crippen molar-refractivity contribution in [1.82, 2.24) is 5.32 Å². The Labute approximate surface area is 116 Å². The van der Waals surface area contributed by atoms with Gasteiger partial charge in [-0.1, -0.05) is 11.6 Å². The number of aromatic carboxylic acids is 1. The number of anilines is 1. The first-order valence-electron chi connectivity index (χ1n) is 6.06. The maximum absolute atomic E-state index is 12.1. The summed E-state index contributed by atoms with van der Waals surface area (Å²) in [7, 11) is 0. The number of carbonyl (C=O) groups is 2. The Balaban J connectivity index is 2.11. The first kappa shape index (κ1) is 13.8. The second kappa shape index (κ2) is 5.59. The van der Waals surface area contributed by atoms with Crippen LogP contribution < -0.4 is 10.6 Å². The largest absolute Gasteiger partial charge is 0.478 e. The van der Waals surface area contributed by atoms with Crippen LogP contribution in [0, 0.1) is 5.92 Å². The molecule has 0 spiro atoms. The van der Waals surface area contributed by atoms with Gasteiger partial charge in [0.2, 0.25) is 5.91 Å². The highest BCUT2D eigenvalue weighted by molar-refractivity contribution is 6.34. The van der Waals surface area contributed by atoms with E-state index in [2.05, 4.69) is 10.6 Å². The number of benzene rings is 1. The van der Waals surface area contributed by atoms with Crippen LogP contribution in [0.5, 0.6) is 0 Å². The van der Waals surface area contributed by atoms with E-state index in [9.17, 15) is 9.59 Å². The highest BCUT2D eigenvalue weighted by atomic mass is 35.5. The molecule has 5 nitrogen and oxygen atoms in total. The molecule has 19 heavy (non-hydrogen) atoms. The van der Waals surface area contributed by atoms with E-state index >= 15 is 0 Å². The lowest BCUT2D eigenvalue weighted by Crippen LogP contribution is -2.32. The molecule has 1 aromatic carbocycles. The third kappa shape index (κ3) is 3.05. The Bertz CT molecular complexity index is 519. The van der Waals surface area contributed by atoms with Gasteiger partial charge in [0.25, 0.3) is 0 Å². The lowest BCUT2D eigenvalue weighted by Gasteiger charge is -2.15. The summed E-state index contributed by atoms with van der Waals surface area (Å²) in [5, 5.41) is 15.0. The molecule has 2 atom stereocenters. The van der Waals surface area contributed by atoms with Gasteiger partial charge in [-0.05, 0) is 38.1 Å². The fourth-order valence-corrected chi connectivity index (χ4v) is 2.42. The van der Waals surface area contributed by atoms with Gasteiger partial charge in [-0.3, -0.25) is 4.79 Å². The second-order valence-electron chi connectivity index (χ2n) is 4.63. The van der Waals surface area contributed by atoms with Gasteiger partial charge in [0, 0.05) is 6.04 Å². The fourth-order valence-electron chi connectivity index (χ4n) is 2.19. The summed E-state index contributed by atoms with van der Waals surface area (Å²) < 4.78 is 0. The Hall–Kier alpha value is -1.59. The number of carboxylic acids is 1. The lowest BCUT2D eigenvalue weighted by molar-refractivity contribution is -0.120. The number of rotatable bonds is 3. The van der Waals surface area contributed by atoms with Crippen molar-refractivity contribution in [3.05, 3.63) is 28.8 Å². The standard InChI is InChI=1S/C13H15ClN2O3/c1-7-9(4-5-15-7)12(17)16-11-3-2-8(13(18)19)6-10(11)14/h2-3,6-7,9,15H,4-5H2,1H3,(H,16,17)(H,18,19). The molecule has 1 amide bonds. The molecule has 1 fully saturated rings. The fraction of sp³-hybridized carbons (Fsp3) is 0.385. The molecule has 0 bridgehead atoms. The third-order valence-electron chi connectivity index (χ3n) is 3.34. The van der Waals surface area contributed by atoms with E-state index in [0.717, 1.165) is 13.0 Å². The van der Waals surface area contributed by atoms with E-state index in [0.29, 0.717) is 5.69 Å². The van der Waals surface area contributed by atoms with E-state index in [4.69, 9.17) is 16.7 Å². The minimum atomic E-state index is -1.05. The molecule has 6 heteroatoms. The zero-order chi connectivity index (χ0) is 14.0. The number of hydrogen-bond acceptors (Lipinski definition) is 3. The van der Waals surface area contributed by atoms with Gasteiger partial charge >= 0.3 is 5.97 Å². The van der Waals surface area contributed by atoms with E-state index in [1.54, 1.807) is 0 Å². The smallest absolute Gasteiger partial charge is 0.335 e. The molecule has 1 aromatic rings. The summed E-state index contributed by atoms with van der Waals surface area (Å²) in [6, 6.07) is 4.39. The van der Waals surface area contributed by atoms with Crippen molar-refractivity contribution < 1.29 is 14.7 Å². The van der Waals surface area contributed by atoms with Crippen LogP contribution in [-0.4, -0.2) is 29.6 Å². The summed E-state index contributed by atoms with van der Waals surface area (Å²) >= 11 is 5.97. The number of nitrogens with one attached hydrogen (secondary N) is 2. The minimum Gasteiger partial charge on any atom is -0.478 e. The first-order chi connectivity index (χ1) is 8.99. The maximum atomic E-state index is 12.1. The van der Waals surface area contributed by atoms with E-state index in [1.807, 2.05) is 6.92 Å². The molecule has 1 heterocycles. The van der Waals surface area contributed by atoms with E-state index in [-0.39, 0.29) is 28.5 Å². The SMILES string of the molecule is CC1NCCC1C(=O)Nc1ccc(C(=O)O)cc1Cl. The highest BCUT2D eigenvalue weighted by Crippen LogP contribution is 2.25. The van der Waals surface area contributed by atoms with Gasteiger partial charge in [0.15, 0.2) is 0 Å². The third-order valence-corrected chi connectivity index (χ3v) is 3.65. The minimum absolute atomic E-state index is 0.0878. The molecule has 1 saturated heterocycles. The van der Waals surface area contributed by atoms with Crippen molar-refractivity contribution in [2.75, 3.05) is 11.9 Å². The van der Waals surface area contributed by atoms with Gasteiger partial charge in [0.1, 0.15) is 0 Å². The summed E-state index contributed by atoms with van der Waals surface area (Å²) in [5.41, 5.74) is 0.537. The van der Waals surface area contributed by atoms with Crippen LogP contribution in [0.3, 0.4) is 0 Å². The van der Waals surface area contributed by atoms with Crippen molar-refractivity contribution >= 4 is 29.2 Å². The molecule has 1 aliphatic rings. The summed E-state index contributed by atoms with van der Waals surface area (Å²) in [6.45, 7) is 2.79. The molecule has 0 saturated carbocycles. The van der Waals surface area contributed by atoms with Gasteiger partial charge in [-0.25, -0.2) is 4.79 Å². The van der Waals surface area contributed by atoms with E-state index in [1.165, 1.54) is 18.2 Å². The van der Waals surface area contributed by atoms with Crippen LogP contribution in [0.25, 0.3) is 0 Å². The maximum Gasteiger partial charge on any atom is 0.335 e. The average molecular weight is 283 g/mol. The topological polar surface area (TPSA) is 78.4 Å². The van der Waals surface area contributed by atoms with Crippen molar-refractivity contribution in [1.29, 1.82) is 0 Å². The number of amides is 1. The molecule has 1 aliphatic heterocycles. The number of hydrogen-bond donors (Lipinski definition) is 3. The van der Waals surface area contributed by atoms with Crippen molar-refractivity contribution in [3.8, 4) is 0 Å². The zero-order valence-corrected chi connectivity index (χ0v) is 11.2.